The van der Waals surface area contributed by atoms with Crippen LogP contribution in [0.15, 0.2) is 30.3 Å². The zero-order valence-corrected chi connectivity index (χ0v) is 13.6. The lowest BCUT2D eigenvalue weighted by Crippen LogP contribution is -2.40. The lowest BCUT2D eigenvalue weighted by atomic mass is 10.2. The van der Waals surface area contributed by atoms with Gasteiger partial charge in [0.05, 0.1) is 13.2 Å². The van der Waals surface area contributed by atoms with Crippen molar-refractivity contribution in [3.8, 4) is 0 Å². The Morgan fingerprint density at radius 1 is 1.29 bits per heavy atom. The van der Waals surface area contributed by atoms with E-state index in [0.717, 1.165) is 57.5 Å². The van der Waals surface area contributed by atoms with Gasteiger partial charge in [0.2, 0.25) is 0 Å². The molecule has 1 aliphatic rings. The van der Waals surface area contributed by atoms with Gasteiger partial charge in [0.15, 0.2) is 5.11 Å². The van der Waals surface area contributed by atoms with Crippen molar-refractivity contribution < 1.29 is 4.74 Å². The number of rotatable bonds is 6. The van der Waals surface area contributed by atoms with Gasteiger partial charge in [-0.1, -0.05) is 30.3 Å². The van der Waals surface area contributed by atoms with Crippen LogP contribution < -0.4 is 5.32 Å². The topological polar surface area (TPSA) is 27.7 Å². The van der Waals surface area contributed by atoms with Gasteiger partial charge in [0.25, 0.3) is 0 Å². The molecule has 2 rings (SSSR count). The summed E-state index contributed by atoms with van der Waals surface area (Å²) < 4.78 is 5.35. The molecule has 0 radical (unpaired) electrons. The van der Waals surface area contributed by atoms with Crippen molar-refractivity contribution in [1.82, 2.24) is 15.1 Å². The average molecular weight is 307 g/mol. The first kappa shape index (κ1) is 16.2. The first-order chi connectivity index (χ1) is 10.3. The second-order valence-electron chi connectivity index (χ2n) is 5.38. The normalized spacial score (nSPS) is 15.7. The predicted octanol–water partition coefficient (Wildman–Crippen LogP) is 1.72. The summed E-state index contributed by atoms with van der Waals surface area (Å²) in [6, 6.07) is 10.4. The highest BCUT2D eigenvalue weighted by atomic mass is 32.1. The van der Waals surface area contributed by atoms with Gasteiger partial charge >= 0.3 is 0 Å². The quantitative estimate of drug-likeness (QED) is 0.638. The fraction of sp³-hybridized carbons (Fsp3) is 0.562. The molecule has 0 aliphatic carbocycles. The molecule has 0 aromatic heterocycles. The SMILES string of the molecule is CN(Cc1ccccc1)C(=S)NCCCN1CCOCC1. The van der Waals surface area contributed by atoms with Crippen molar-refractivity contribution in [2.24, 2.45) is 0 Å². The molecule has 0 unspecified atom stereocenters. The van der Waals surface area contributed by atoms with Crippen LogP contribution in [0.5, 0.6) is 0 Å². The van der Waals surface area contributed by atoms with Gasteiger partial charge in [-0.15, -0.1) is 0 Å². The van der Waals surface area contributed by atoms with Crippen LogP contribution in [0.25, 0.3) is 0 Å². The average Bonchev–Trinajstić information content (AvgIpc) is 2.53. The van der Waals surface area contributed by atoms with E-state index in [1.807, 2.05) is 13.1 Å². The Morgan fingerprint density at radius 3 is 2.71 bits per heavy atom. The maximum absolute atomic E-state index is 5.43. The molecule has 0 spiro atoms. The van der Waals surface area contributed by atoms with E-state index >= 15 is 0 Å². The van der Waals surface area contributed by atoms with Gasteiger partial charge in [0.1, 0.15) is 0 Å². The fourth-order valence-electron chi connectivity index (χ4n) is 2.39. The Hall–Kier alpha value is -1.17. The number of ether oxygens (including phenoxy) is 1. The molecule has 1 aromatic rings. The number of hydrogen-bond acceptors (Lipinski definition) is 3. The second-order valence-corrected chi connectivity index (χ2v) is 5.77. The standard InChI is InChI=1S/C16H25N3OS/c1-18(14-15-6-3-2-4-7-15)16(21)17-8-5-9-19-10-12-20-13-11-19/h2-4,6-7H,5,8-14H2,1H3,(H,17,21). The lowest BCUT2D eigenvalue weighted by molar-refractivity contribution is 0.0376. The van der Waals surface area contributed by atoms with Gasteiger partial charge in [-0.2, -0.15) is 0 Å². The minimum Gasteiger partial charge on any atom is -0.379 e. The van der Waals surface area contributed by atoms with Crippen LogP contribution in [0.1, 0.15) is 12.0 Å². The monoisotopic (exact) mass is 307 g/mol. The predicted molar refractivity (Wildman–Crippen MR) is 90.4 cm³/mol. The maximum atomic E-state index is 5.43. The molecule has 1 heterocycles. The van der Waals surface area contributed by atoms with E-state index in [4.69, 9.17) is 17.0 Å². The number of morpholine rings is 1. The maximum Gasteiger partial charge on any atom is 0.168 e. The second kappa shape index (κ2) is 8.97. The number of benzene rings is 1. The van der Waals surface area contributed by atoms with E-state index in [2.05, 4.69) is 39.4 Å². The molecular formula is C16H25N3OS. The van der Waals surface area contributed by atoms with Crippen molar-refractivity contribution in [3.05, 3.63) is 35.9 Å². The third kappa shape index (κ3) is 5.99. The Morgan fingerprint density at radius 2 is 2.00 bits per heavy atom. The Kier molecular flexibility index (Phi) is 6.92. The minimum atomic E-state index is 0.820. The smallest absolute Gasteiger partial charge is 0.168 e. The number of thiocarbonyl (C=S) groups is 1. The zero-order valence-electron chi connectivity index (χ0n) is 12.8. The Balaban J connectivity index is 1.60. The number of hydrogen-bond donors (Lipinski definition) is 1. The van der Waals surface area contributed by atoms with Gasteiger partial charge in [-0.3, -0.25) is 4.90 Å². The van der Waals surface area contributed by atoms with E-state index in [-0.39, 0.29) is 0 Å². The molecule has 21 heavy (non-hydrogen) atoms. The van der Waals surface area contributed by atoms with Gasteiger partial charge in [-0.05, 0) is 30.7 Å². The summed E-state index contributed by atoms with van der Waals surface area (Å²) in [4.78, 5) is 4.53. The third-order valence-corrected chi connectivity index (χ3v) is 4.10. The van der Waals surface area contributed by atoms with Crippen molar-refractivity contribution >= 4 is 17.3 Å². The number of nitrogens with zero attached hydrogens (tertiary/aromatic N) is 2. The molecule has 4 nitrogen and oxygen atoms in total. The molecule has 5 heteroatoms. The Labute approximate surface area is 133 Å². The molecule has 0 bridgehead atoms. The Bertz CT molecular complexity index is 421. The van der Waals surface area contributed by atoms with Crippen LogP contribution in [-0.2, 0) is 11.3 Å². The summed E-state index contributed by atoms with van der Waals surface area (Å²) in [6.07, 6.45) is 1.11. The summed E-state index contributed by atoms with van der Waals surface area (Å²) >= 11 is 5.43. The van der Waals surface area contributed by atoms with Crippen LogP contribution in [-0.4, -0.2) is 61.4 Å². The summed E-state index contributed by atoms with van der Waals surface area (Å²) in [7, 11) is 2.03. The van der Waals surface area contributed by atoms with Crippen LogP contribution in [0.2, 0.25) is 0 Å². The first-order valence-corrected chi connectivity index (χ1v) is 7.99. The molecule has 1 fully saturated rings. The van der Waals surface area contributed by atoms with E-state index in [0.29, 0.717) is 0 Å². The van der Waals surface area contributed by atoms with Crippen LogP contribution in [0.4, 0.5) is 0 Å². The van der Waals surface area contributed by atoms with Crippen molar-refractivity contribution in [2.75, 3.05) is 46.4 Å². The molecule has 0 saturated carbocycles. The number of nitrogens with one attached hydrogen (secondary N) is 1. The molecule has 1 aliphatic heterocycles. The van der Waals surface area contributed by atoms with Gasteiger partial charge in [-0.25, -0.2) is 0 Å². The molecule has 0 atom stereocenters. The van der Waals surface area contributed by atoms with Crippen LogP contribution in [0.3, 0.4) is 0 Å². The zero-order chi connectivity index (χ0) is 14.9. The van der Waals surface area contributed by atoms with Crippen LogP contribution >= 0.6 is 12.2 Å². The summed E-state index contributed by atoms with van der Waals surface area (Å²) in [5.74, 6) is 0. The highest BCUT2D eigenvalue weighted by molar-refractivity contribution is 7.80. The van der Waals surface area contributed by atoms with E-state index < -0.39 is 0 Å². The molecule has 1 N–H and O–H groups in total. The van der Waals surface area contributed by atoms with Gasteiger partial charge in [0, 0.05) is 33.2 Å². The van der Waals surface area contributed by atoms with Gasteiger partial charge < -0.3 is 15.0 Å². The largest absolute Gasteiger partial charge is 0.379 e. The summed E-state index contributed by atoms with van der Waals surface area (Å²) in [6.45, 7) is 6.72. The summed E-state index contributed by atoms with van der Waals surface area (Å²) in [5.41, 5.74) is 1.28. The van der Waals surface area contributed by atoms with Crippen molar-refractivity contribution in [2.45, 2.75) is 13.0 Å². The molecule has 116 valence electrons. The lowest BCUT2D eigenvalue weighted by Gasteiger charge is -2.27. The van der Waals surface area contributed by atoms with E-state index in [1.54, 1.807) is 0 Å². The summed E-state index contributed by atoms with van der Waals surface area (Å²) in [5, 5.41) is 4.16. The third-order valence-electron chi connectivity index (χ3n) is 3.64. The minimum absolute atomic E-state index is 0.820. The molecule has 1 saturated heterocycles. The van der Waals surface area contributed by atoms with Crippen molar-refractivity contribution in [1.29, 1.82) is 0 Å². The van der Waals surface area contributed by atoms with E-state index in [9.17, 15) is 0 Å². The first-order valence-electron chi connectivity index (χ1n) is 7.58. The molecular weight excluding hydrogens is 282 g/mol. The highest BCUT2D eigenvalue weighted by Gasteiger charge is 2.09. The highest BCUT2D eigenvalue weighted by Crippen LogP contribution is 2.03. The van der Waals surface area contributed by atoms with Crippen molar-refractivity contribution in [3.63, 3.8) is 0 Å². The van der Waals surface area contributed by atoms with E-state index in [1.165, 1.54) is 5.56 Å². The molecule has 1 aromatic carbocycles. The molecule has 0 amide bonds. The fourth-order valence-corrected chi connectivity index (χ4v) is 2.55. The van der Waals surface area contributed by atoms with Crippen LogP contribution in [0, 0.1) is 0 Å².